The Kier molecular flexibility index (Phi) is 4.65. The minimum absolute atomic E-state index is 0.256. The maximum atomic E-state index is 5.42. The molecule has 0 radical (unpaired) electrons. The van der Waals surface area contributed by atoms with E-state index in [2.05, 4.69) is 41.6 Å². The van der Waals surface area contributed by atoms with Gasteiger partial charge in [0.2, 0.25) is 6.79 Å². The summed E-state index contributed by atoms with van der Waals surface area (Å²) in [6.07, 6.45) is 1.53. The number of guanidine groups is 1. The van der Waals surface area contributed by atoms with Gasteiger partial charge in [0, 0.05) is 20.6 Å². The first-order chi connectivity index (χ1) is 11.2. The van der Waals surface area contributed by atoms with Crippen molar-refractivity contribution in [3.8, 4) is 11.5 Å². The Morgan fingerprint density at radius 1 is 1.35 bits per heavy atom. The molecule has 2 heterocycles. The van der Waals surface area contributed by atoms with Gasteiger partial charge < -0.3 is 20.1 Å². The Labute approximate surface area is 142 Å². The van der Waals surface area contributed by atoms with Gasteiger partial charge in [-0.05, 0) is 33.6 Å². The SMILES string of the molecule is CN=C(NCc1cc(Br)c2c(c1)OCO2)NCc1ncnn1C. The maximum Gasteiger partial charge on any atom is 0.231 e. The summed E-state index contributed by atoms with van der Waals surface area (Å²) in [5, 5.41) is 10.5. The quantitative estimate of drug-likeness (QED) is 0.611. The number of aryl methyl sites for hydroxylation is 1. The standard InChI is InChI=1S/C14H17BrN6O2/c1-16-14(18-6-12-19-7-20-21(12)2)17-5-9-3-10(15)13-11(4-9)22-8-23-13/h3-4,7H,5-6,8H2,1-2H3,(H2,16,17,18). The Balaban J connectivity index is 1.58. The highest BCUT2D eigenvalue weighted by Crippen LogP contribution is 2.39. The van der Waals surface area contributed by atoms with Crippen molar-refractivity contribution in [3.05, 3.63) is 34.3 Å². The van der Waals surface area contributed by atoms with Crippen molar-refractivity contribution in [2.75, 3.05) is 13.8 Å². The molecule has 1 aliphatic heterocycles. The van der Waals surface area contributed by atoms with Crippen LogP contribution in [0.25, 0.3) is 0 Å². The molecule has 0 amide bonds. The number of aromatic nitrogens is 3. The van der Waals surface area contributed by atoms with Gasteiger partial charge in [-0.25, -0.2) is 4.98 Å². The minimum atomic E-state index is 0.256. The molecule has 1 aromatic heterocycles. The molecule has 122 valence electrons. The van der Waals surface area contributed by atoms with Crippen LogP contribution in [-0.2, 0) is 20.1 Å². The van der Waals surface area contributed by atoms with Gasteiger partial charge in [0.25, 0.3) is 0 Å². The van der Waals surface area contributed by atoms with E-state index in [0.717, 1.165) is 27.4 Å². The van der Waals surface area contributed by atoms with Crippen LogP contribution in [0.3, 0.4) is 0 Å². The van der Waals surface area contributed by atoms with E-state index in [4.69, 9.17) is 9.47 Å². The molecule has 3 rings (SSSR count). The molecule has 0 spiro atoms. The van der Waals surface area contributed by atoms with Gasteiger partial charge in [-0.15, -0.1) is 0 Å². The van der Waals surface area contributed by atoms with Crippen molar-refractivity contribution in [2.24, 2.45) is 12.0 Å². The van der Waals surface area contributed by atoms with Gasteiger partial charge in [-0.2, -0.15) is 5.10 Å². The summed E-state index contributed by atoms with van der Waals surface area (Å²) in [6, 6.07) is 3.95. The van der Waals surface area contributed by atoms with E-state index >= 15 is 0 Å². The highest BCUT2D eigenvalue weighted by Gasteiger charge is 2.17. The third-order valence-corrected chi connectivity index (χ3v) is 3.98. The summed E-state index contributed by atoms with van der Waals surface area (Å²) in [6.45, 7) is 1.40. The molecule has 8 nitrogen and oxygen atoms in total. The lowest BCUT2D eigenvalue weighted by molar-refractivity contribution is 0.173. The van der Waals surface area contributed by atoms with Crippen molar-refractivity contribution in [3.63, 3.8) is 0 Å². The zero-order valence-corrected chi connectivity index (χ0v) is 14.4. The van der Waals surface area contributed by atoms with Crippen LogP contribution in [0.5, 0.6) is 11.5 Å². The average molecular weight is 381 g/mol. The molecule has 1 aromatic carbocycles. The van der Waals surface area contributed by atoms with Gasteiger partial charge in [-0.1, -0.05) is 0 Å². The predicted octanol–water partition coefficient (Wildman–Crippen LogP) is 1.17. The number of halogens is 1. The van der Waals surface area contributed by atoms with Crippen molar-refractivity contribution in [1.29, 1.82) is 0 Å². The Bertz CT molecular complexity index is 730. The van der Waals surface area contributed by atoms with Crippen LogP contribution in [0.1, 0.15) is 11.4 Å². The Morgan fingerprint density at radius 3 is 2.91 bits per heavy atom. The molecular formula is C14H17BrN6O2. The van der Waals surface area contributed by atoms with Gasteiger partial charge in [0.05, 0.1) is 11.0 Å². The van der Waals surface area contributed by atoms with E-state index in [1.54, 1.807) is 11.7 Å². The zero-order valence-electron chi connectivity index (χ0n) is 12.8. The molecule has 0 saturated heterocycles. The first-order valence-corrected chi connectivity index (χ1v) is 7.82. The molecule has 2 N–H and O–H groups in total. The fraction of sp³-hybridized carbons (Fsp3) is 0.357. The lowest BCUT2D eigenvalue weighted by Crippen LogP contribution is -2.36. The molecule has 0 fully saturated rings. The largest absolute Gasteiger partial charge is 0.454 e. The molecule has 0 unspecified atom stereocenters. The fourth-order valence-corrected chi connectivity index (χ4v) is 2.78. The number of fused-ring (bicyclic) bond motifs is 1. The molecule has 0 saturated carbocycles. The minimum Gasteiger partial charge on any atom is -0.454 e. The van der Waals surface area contributed by atoms with Crippen molar-refractivity contribution < 1.29 is 9.47 Å². The van der Waals surface area contributed by atoms with E-state index in [1.807, 2.05) is 19.2 Å². The van der Waals surface area contributed by atoms with Crippen molar-refractivity contribution >= 4 is 21.9 Å². The van der Waals surface area contributed by atoms with E-state index in [1.165, 1.54) is 6.33 Å². The number of hydrogen-bond acceptors (Lipinski definition) is 5. The molecule has 1 aliphatic rings. The number of ether oxygens (including phenoxy) is 2. The van der Waals surface area contributed by atoms with E-state index in [0.29, 0.717) is 19.0 Å². The zero-order chi connectivity index (χ0) is 16.2. The van der Waals surface area contributed by atoms with Crippen LogP contribution in [0.2, 0.25) is 0 Å². The summed E-state index contributed by atoms with van der Waals surface area (Å²) in [4.78, 5) is 8.36. The number of rotatable bonds is 4. The van der Waals surface area contributed by atoms with Crippen molar-refractivity contribution in [2.45, 2.75) is 13.1 Å². The Hall–Kier alpha value is -2.29. The number of aliphatic imine (C=N–C) groups is 1. The third kappa shape index (κ3) is 3.55. The van der Waals surface area contributed by atoms with Crippen LogP contribution in [0.4, 0.5) is 0 Å². The first-order valence-electron chi connectivity index (χ1n) is 7.03. The summed E-state index contributed by atoms with van der Waals surface area (Å²) in [5.41, 5.74) is 1.06. The average Bonchev–Trinajstić information content (AvgIpc) is 3.17. The van der Waals surface area contributed by atoms with Crippen LogP contribution >= 0.6 is 15.9 Å². The second-order valence-corrected chi connectivity index (χ2v) is 5.74. The third-order valence-electron chi connectivity index (χ3n) is 3.39. The van der Waals surface area contributed by atoms with Crippen LogP contribution in [0, 0.1) is 0 Å². The lowest BCUT2D eigenvalue weighted by Gasteiger charge is -2.12. The molecule has 0 atom stereocenters. The van der Waals surface area contributed by atoms with Gasteiger partial charge in [0.1, 0.15) is 12.2 Å². The van der Waals surface area contributed by atoms with Crippen molar-refractivity contribution in [1.82, 2.24) is 25.4 Å². The number of benzene rings is 1. The van der Waals surface area contributed by atoms with Crippen LogP contribution < -0.4 is 20.1 Å². The van der Waals surface area contributed by atoms with Gasteiger partial charge in [-0.3, -0.25) is 9.67 Å². The first kappa shape index (κ1) is 15.6. The number of nitrogens with zero attached hydrogens (tertiary/aromatic N) is 4. The lowest BCUT2D eigenvalue weighted by atomic mass is 10.2. The highest BCUT2D eigenvalue weighted by molar-refractivity contribution is 9.10. The normalized spacial score (nSPS) is 13.3. The van der Waals surface area contributed by atoms with Crippen LogP contribution in [-0.4, -0.2) is 34.6 Å². The van der Waals surface area contributed by atoms with Crippen LogP contribution in [0.15, 0.2) is 27.9 Å². The van der Waals surface area contributed by atoms with E-state index < -0.39 is 0 Å². The second-order valence-electron chi connectivity index (χ2n) is 4.89. The number of nitrogens with one attached hydrogen (secondary N) is 2. The molecule has 0 aliphatic carbocycles. The molecule has 23 heavy (non-hydrogen) atoms. The molecular weight excluding hydrogens is 364 g/mol. The Morgan fingerprint density at radius 2 is 2.17 bits per heavy atom. The topological polar surface area (TPSA) is 85.6 Å². The number of hydrogen-bond donors (Lipinski definition) is 2. The van der Waals surface area contributed by atoms with E-state index in [-0.39, 0.29) is 6.79 Å². The summed E-state index contributed by atoms with van der Waals surface area (Å²) in [5.74, 6) is 3.01. The predicted molar refractivity (Wildman–Crippen MR) is 88.3 cm³/mol. The second kappa shape index (κ2) is 6.86. The summed E-state index contributed by atoms with van der Waals surface area (Å²) in [7, 11) is 3.58. The summed E-state index contributed by atoms with van der Waals surface area (Å²) < 4.78 is 13.4. The molecule has 9 heteroatoms. The maximum absolute atomic E-state index is 5.42. The highest BCUT2D eigenvalue weighted by atomic mass is 79.9. The van der Waals surface area contributed by atoms with Gasteiger partial charge >= 0.3 is 0 Å². The fourth-order valence-electron chi connectivity index (χ4n) is 2.17. The van der Waals surface area contributed by atoms with E-state index in [9.17, 15) is 0 Å². The van der Waals surface area contributed by atoms with Gasteiger partial charge in [0.15, 0.2) is 17.5 Å². The summed E-state index contributed by atoms with van der Waals surface area (Å²) >= 11 is 3.49. The molecule has 0 bridgehead atoms. The molecule has 2 aromatic rings. The monoisotopic (exact) mass is 380 g/mol. The smallest absolute Gasteiger partial charge is 0.231 e.